The first-order valence-electron chi connectivity index (χ1n) is 15.9. The Morgan fingerprint density at radius 1 is 0.824 bits per heavy atom. The number of ether oxygens (including phenoxy) is 2. The molecule has 13 heteroatoms. The van der Waals surface area contributed by atoms with E-state index in [1.807, 2.05) is 55.5 Å². The van der Waals surface area contributed by atoms with Crippen LogP contribution in [-0.2, 0) is 22.6 Å². The van der Waals surface area contributed by atoms with Crippen molar-refractivity contribution in [3.05, 3.63) is 159 Å². The van der Waals surface area contributed by atoms with Gasteiger partial charge in [0.05, 0.1) is 18.8 Å². The number of nitrogens with one attached hydrogen (secondary N) is 1. The fourth-order valence-electron chi connectivity index (χ4n) is 5.85. The minimum atomic E-state index is -2.35. The maximum Gasteiger partial charge on any atom is 0.257 e. The number of hydrogen-bond acceptors (Lipinski definition) is 6. The standard InChI is InChI=1S/C38H31F5N2O5S/c1-21-28(20-51-29-8-4-5-17-45(29)48)49-38(50-36(21)24-11-9-22(19-46)10-12-24)25-15-13-23(14-16-25)27-7-3-2-6-26(27)18-44-37(47)30-31(39)33(41)35(43)34(42)32(30)40/h2-17,21,28,36,38,46H,18-20H2,1H3,(H,44,47)/t21-,28+,36+,38+/m0/s1. The summed E-state index contributed by atoms with van der Waals surface area (Å²) >= 11 is 1.38. The molecule has 0 spiro atoms. The number of carbonyl (C=O) groups is 1. The molecule has 1 aliphatic heterocycles. The number of carbonyl (C=O) groups excluding carboxylic acids is 1. The summed E-state index contributed by atoms with van der Waals surface area (Å²) in [4.78, 5) is 12.6. The van der Waals surface area contributed by atoms with Crippen LogP contribution in [-0.4, -0.2) is 22.9 Å². The largest absolute Gasteiger partial charge is 0.618 e. The zero-order valence-electron chi connectivity index (χ0n) is 27.0. The summed E-state index contributed by atoms with van der Waals surface area (Å²) in [7, 11) is 0. The molecule has 0 bridgehead atoms. The number of thioether (sulfide) groups is 1. The molecule has 1 fully saturated rings. The SMILES string of the molecule is C[C@H]1[C@@H](CSc2cccc[n+]2[O-])O[C@@H](c2ccc(-c3ccccc3CNC(=O)c3c(F)c(F)c(F)c(F)c3F)cc2)O[C@H]1c1ccc(CO)cc1. The molecule has 4 atom stereocenters. The fourth-order valence-corrected chi connectivity index (χ4v) is 6.93. The topological polar surface area (TPSA) is 94.7 Å². The van der Waals surface area contributed by atoms with Crippen LogP contribution in [0.15, 0.2) is 102 Å². The molecule has 7 nitrogen and oxygen atoms in total. The average Bonchev–Trinajstić information content (AvgIpc) is 3.16. The molecule has 0 saturated carbocycles. The summed E-state index contributed by atoms with van der Waals surface area (Å²) in [6.45, 7) is 1.66. The number of pyridine rings is 1. The highest BCUT2D eigenvalue weighted by Gasteiger charge is 2.39. The van der Waals surface area contributed by atoms with Gasteiger partial charge >= 0.3 is 0 Å². The van der Waals surface area contributed by atoms with E-state index in [9.17, 15) is 37.1 Å². The molecule has 0 radical (unpaired) electrons. The Morgan fingerprint density at radius 3 is 2.12 bits per heavy atom. The van der Waals surface area contributed by atoms with Crippen molar-refractivity contribution >= 4 is 17.7 Å². The molecule has 0 unspecified atom stereocenters. The number of rotatable bonds is 10. The van der Waals surface area contributed by atoms with Crippen molar-refractivity contribution in [2.75, 3.05) is 5.75 Å². The zero-order valence-corrected chi connectivity index (χ0v) is 27.8. The molecule has 1 aromatic heterocycles. The Hall–Kier alpha value is -4.82. The maximum absolute atomic E-state index is 14.2. The summed E-state index contributed by atoms with van der Waals surface area (Å²) in [5, 5.41) is 24.6. The average molecular weight is 723 g/mol. The van der Waals surface area contributed by atoms with Gasteiger partial charge in [0.25, 0.3) is 10.9 Å². The lowest BCUT2D eigenvalue weighted by Gasteiger charge is -2.41. The predicted molar refractivity (Wildman–Crippen MR) is 178 cm³/mol. The van der Waals surface area contributed by atoms with Crippen molar-refractivity contribution in [1.82, 2.24) is 5.32 Å². The van der Waals surface area contributed by atoms with Crippen LogP contribution in [0, 0.1) is 40.2 Å². The van der Waals surface area contributed by atoms with Crippen LogP contribution in [0.25, 0.3) is 11.1 Å². The first-order valence-corrected chi connectivity index (χ1v) is 16.8. The lowest BCUT2D eigenvalue weighted by molar-refractivity contribution is -0.645. The van der Waals surface area contributed by atoms with E-state index < -0.39 is 46.8 Å². The van der Waals surface area contributed by atoms with Crippen LogP contribution in [0.1, 0.15) is 51.9 Å². The van der Waals surface area contributed by atoms with Gasteiger partial charge in [-0.2, -0.15) is 4.73 Å². The molecule has 1 amide bonds. The summed E-state index contributed by atoms with van der Waals surface area (Å²) in [6.07, 6.45) is -0.0436. The third-order valence-corrected chi connectivity index (χ3v) is 9.80. The molecule has 4 aromatic carbocycles. The van der Waals surface area contributed by atoms with Gasteiger partial charge in [-0.15, -0.1) is 0 Å². The van der Waals surface area contributed by atoms with Crippen molar-refractivity contribution < 1.29 is 46.1 Å². The smallest absolute Gasteiger partial charge is 0.257 e. The van der Waals surface area contributed by atoms with Gasteiger partial charge in [-0.25, -0.2) is 22.0 Å². The Kier molecular flexibility index (Phi) is 11.0. The predicted octanol–water partition coefficient (Wildman–Crippen LogP) is 7.69. The van der Waals surface area contributed by atoms with E-state index in [-0.39, 0.29) is 31.3 Å². The monoisotopic (exact) mass is 722 g/mol. The van der Waals surface area contributed by atoms with E-state index in [0.29, 0.717) is 33.0 Å². The van der Waals surface area contributed by atoms with Crippen LogP contribution >= 0.6 is 11.8 Å². The molecule has 5 aromatic rings. The molecule has 1 saturated heterocycles. The van der Waals surface area contributed by atoms with E-state index in [0.717, 1.165) is 15.9 Å². The number of hydrogen-bond donors (Lipinski definition) is 2. The Labute approximate surface area is 294 Å². The highest BCUT2D eigenvalue weighted by Crippen LogP contribution is 2.43. The van der Waals surface area contributed by atoms with Crippen LogP contribution in [0.2, 0.25) is 0 Å². The summed E-state index contributed by atoms with van der Waals surface area (Å²) < 4.78 is 83.1. The molecular weight excluding hydrogens is 691 g/mol. The Morgan fingerprint density at radius 2 is 1.45 bits per heavy atom. The van der Waals surface area contributed by atoms with Crippen LogP contribution in [0.5, 0.6) is 0 Å². The Balaban J connectivity index is 1.22. The fraction of sp³-hybridized carbons (Fsp3) is 0.211. The van der Waals surface area contributed by atoms with E-state index >= 15 is 0 Å². The number of halogens is 5. The van der Waals surface area contributed by atoms with Gasteiger partial charge in [-0.1, -0.05) is 91.5 Å². The number of amides is 1. The highest BCUT2D eigenvalue weighted by molar-refractivity contribution is 7.99. The van der Waals surface area contributed by atoms with E-state index in [1.54, 1.807) is 42.5 Å². The highest BCUT2D eigenvalue weighted by atomic mass is 32.2. The normalized spacial score (nSPS) is 18.8. The third-order valence-electron chi connectivity index (χ3n) is 8.69. The van der Waals surface area contributed by atoms with Gasteiger partial charge in [-0.05, 0) is 33.9 Å². The van der Waals surface area contributed by atoms with E-state index in [2.05, 4.69) is 5.32 Å². The number of aromatic nitrogens is 1. The molecule has 51 heavy (non-hydrogen) atoms. The summed E-state index contributed by atoms with van der Waals surface area (Å²) in [5.41, 5.74) is 2.67. The van der Waals surface area contributed by atoms with Gasteiger partial charge in [-0.3, -0.25) is 4.79 Å². The van der Waals surface area contributed by atoms with Crippen LogP contribution in [0.3, 0.4) is 0 Å². The van der Waals surface area contributed by atoms with Crippen molar-refractivity contribution in [2.24, 2.45) is 5.92 Å². The summed E-state index contributed by atoms with van der Waals surface area (Å²) in [6, 6.07) is 26.8. The van der Waals surface area contributed by atoms with Crippen molar-refractivity contribution in [3.63, 3.8) is 0 Å². The lowest BCUT2D eigenvalue weighted by Crippen LogP contribution is -2.39. The van der Waals surface area contributed by atoms with Gasteiger partial charge in [0.15, 0.2) is 35.8 Å². The molecule has 0 aliphatic carbocycles. The maximum atomic E-state index is 14.2. The number of benzene rings is 4. The van der Waals surface area contributed by atoms with Gasteiger partial charge in [0, 0.05) is 35.9 Å². The molecule has 2 heterocycles. The zero-order chi connectivity index (χ0) is 36.2. The van der Waals surface area contributed by atoms with E-state index in [4.69, 9.17) is 9.47 Å². The second-order valence-electron chi connectivity index (χ2n) is 11.9. The lowest BCUT2D eigenvalue weighted by atomic mass is 9.91. The molecular formula is C38H31F5N2O5S. The Bertz CT molecular complexity index is 2000. The third kappa shape index (κ3) is 7.61. The molecule has 264 valence electrons. The van der Waals surface area contributed by atoms with E-state index in [1.165, 1.54) is 18.0 Å². The number of aliphatic hydroxyl groups is 1. The minimum absolute atomic E-state index is 0.0915. The molecule has 1 aliphatic rings. The number of aliphatic hydroxyl groups excluding tert-OH is 1. The van der Waals surface area contributed by atoms with Crippen molar-refractivity contribution in [3.8, 4) is 11.1 Å². The van der Waals surface area contributed by atoms with Crippen molar-refractivity contribution in [1.29, 1.82) is 0 Å². The molecule has 2 N–H and O–H groups in total. The first kappa shape index (κ1) is 36.0. The van der Waals surface area contributed by atoms with Crippen LogP contribution < -0.4 is 10.0 Å². The van der Waals surface area contributed by atoms with Crippen molar-refractivity contribution in [2.45, 2.75) is 43.6 Å². The van der Waals surface area contributed by atoms with Gasteiger partial charge in [0.2, 0.25) is 5.82 Å². The first-order chi connectivity index (χ1) is 24.6. The minimum Gasteiger partial charge on any atom is -0.618 e. The quantitative estimate of drug-likeness (QED) is 0.0384. The van der Waals surface area contributed by atoms with Gasteiger partial charge < -0.3 is 25.1 Å². The summed E-state index contributed by atoms with van der Waals surface area (Å²) in [5.74, 6) is -12.3. The second-order valence-corrected chi connectivity index (χ2v) is 12.9. The second kappa shape index (κ2) is 15.6. The van der Waals surface area contributed by atoms with Crippen LogP contribution in [0.4, 0.5) is 22.0 Å². The van der Waals surface area contributed by atoms with Gasteiger partial charge in [0.1, 0.15) is 5.56 Å². The molecule has 6 rings (SSSR count). The number of nitrogens with zero attached hydrogens (tertiary/aromatic N) is 1.